The van der Waals surface area contributed by atoms with E-state index in [1.165, 1.54) is 24.1 Å². The summed E-state index contributed by atoms with van der Waals surface area (Å²) in [6.45, 7) is 7.30. The van der Waals surface area contributed by atoms with Crippen molar-refractivity contribution < 1.29 is 28.5 Å². The maximum Gasteiger partial charge on any atom is 0.213 e. The van der Waals surface area contributed by atoms with Crippen LogP contribution in [-0.2, 0) is 13.0 Å². The Morgan fingerprint density at radius 3 is 2.49 bits per heavy atom. The van der Waals surface area contributed by atoms with Crippen LogP contribution in [0.15, 0.2) is 36.5 Å². The highest BCUT2D eigenvalue weighted by Gasteiger charge is 2.52. The molecule has 0 spiro atoms. The molecule has 7 heteroatoms. The van der Waals surface area contributed by atoms with Gasteiger partial charge in [0.2, 0.25) is 5.88 Å². The normalized spacial score (nSPS) is 21.2. The Labute approximate surface area is 216 Å². The van der Waals surface area contributed by atoms with E-state index in [0.717, 1.165) is 29.5 Å². The van der Waals surface area contributed by atoms with Gasteiger partial charge in [-0.05, 0) is 91.0 Å². The summed E-state index contributed by atoms with van der Waals surface area (Å²) in [6, 6.07) is 7.93. The third-order valence-corrected chi connectivity index (χ3v) is 7.91. The Kier molecular flexibility index (Phi) is 6.71. The van der Waals surface area contributed by atoms with Crippen molar-refractivity contribution in [2.24, 2.45) is 11.8 Å². The van der Waals surface area contributed by atoms with Gasteiger partial charge in [0.25, 0.3) is 0 Å². The van der Waals surface area contributed by atoms with Crippen LogP contribution in [0.4, 0.5) is 8.78 Å². The number of aryl methyl sites for hydroxylation is 2. The van der Waals surface area contributed by atoms with E-state index in [1.807, 2.05) is 26.1 Å². The highest BCUT2D eigenvalue weighted by molar-refractivity contribution is 5.73. The quantitative estimate of drug-likeness (QED) is 0.391. The largest absolute Gasteiger partial charge is 0.493 e. The maximum atomic E-state index is 15.0. The number of halogens is 2. The number of hydrogen-bond acceptors (Lipinski definition) is 5. The Balaban J connectivity index is 1.32. The van der Waals surface area contributed by atoms with Crippen molar-refractivity contribution in [2.45, 2.75) is 58.7 Å². The number of pyridine rings is 1. The summed E-state index contributed by atoms with van der Waals surface area (Å²) < 4.78 is 41.2. The van der Waals surface area contributed by atoms with Gasteiger partial charge in [-0.1, -0.05) is 6.92 Å². The van der Waals surface area contributed by atoms with E-state index in [1.54, 1.807) is 12.1 Å². The highest BCUT2D eigenvalue weighted by atomic mass is 19.1. The fraction of sp³-hybridized carbons (Fsp3) is 0.433. The van der Waals surface area contributed by atoms with Crippen LogP contribution in [0.3, 0.4) is 0 Å². The molecule has 3 unspecified atom stereocenters. The smallest absolute Gasteiger partial charge is 0.213 e. The van der Waals surface area contributed by atoms with Crippen LogP contribution in [0.5, 0.6) is 11.6 Å². The summed E-state index contributed by atoms with van der Waals surface area (Å²) in [4.78, 5) is 4.43. The molecule has 3 aromatic rings. The zero-order valence-electron chi connectivity index (χ0n) is 21.6. The van der Waals surface area contributed by atoms with Crippen molar-refractivity contribution in [3.05, 3.63) is 76.0 Å². The first kappa shape index (κ1) is 25.6. The summed E-state index contributed by atoms with van der Waals surface area (Å²) >= 11 is 0. The molecule has 0 radical (unpaired) electrons. The van der Waals surface area contributed by atoms with Crippen LogP contribution in [0, 0.1) is 37.3 Å². The van der Waals surface area contributed by atoms with Gasteiger partial charge in [-0.15, -0.1) is 0 Å². The molecule has 2 aliphatic rings. The fourth-order valence-corrected chi connectivity index (χ4v) is 5.62. The second-order valence-electron chi connectivity index (χ2n) is 10.9. The molecule has 1 heterocycles. The van der Waals surface area contributed by atoms with Crippen molar-refractivity contribution in [2.75, 3.05) is 13.2 Å². The molecule has 37 heavy (non-hydrogen) atoms. The topological polar surface area (TPSA) is 71.8 Å². The zero-order chi connectivity index (χ0) is 26.5. The number of nitrogens with zero attached hydrogens (tertiary/aromatic N) is 1. The van der Waals surface area contributed by atoms with Crippen LogP contribution in [0.1, 0.15) is 54.0 Å². The molecule has 196 valence electrons. The lowest BCUT2D eigenvalue weighted by atomic mass is 9.93. The Morgan fingerprint density at radius 1 is 1.05 bits per heavy atom. The van der Waals surface area contributed by atoms with Crippen LogP contribution in [0.25, 0.3) is 11.1 Å². The minimum Gasteiger partial charge on any atom is -0.493 e. The molecular weight excluding hydrogens is 476 g/mol. The average molecular weight is 510 g/mol. The number of aliphatic hydroxyl groups excluding tert-OH is 1. The van der Waals surface area contributed by atoms with Gasteiger partial charge in [-0.25, -0.2) is 13.8 Å². The molecule has 0 bridgehead atoms. The van der Waals surface area contributed by atoms with Gasteiger partial charge in [-0.3, -0.25) is 0 Å². The summed E-state index contributed by atoms with van der Waals surface area (Å²) in [5.41, 5.74) is 4.10. The second-order valence-corrected chi connectivity index (χ2v) is 10.9. The fourth-order valence-electron chi connectivity index (χ4n) is 5.62. The predicted octanol–water partition coefficient (Wildman–Crippen LogP) is 5.64. The van der Waals surface area contributed by atoms with Gasteiger partial charge in [0.15, 0.2) is 0 Å². The van der Waals surface area contributed by atoms with Crippen LogP contribution in [-0.4, -0.2) is 34.0 Å². The summed E-state index contributed by atoms with van der Waals surface area (Å²) in [6.07, 6.45) is 3.18. The first-order valence-electron chi connectivity index (χ1n) is 12.7. The lowest BCUT2D eigenvalue weighted by Crippen LogP contribution is -2.31. The predicted molar refractivity (Wildman–Crippen MR) is 137 cm³/mol. The average Bonchev–Trinajstić information content (AvgIpc) is 3.29. The molecule has 5 rings (SSSR count). The molecule has 4 atom stereocenters. The van der Waals surface area contributed by atoms with Gasteiger partial charge in [-0.2, -0.15) is 0 Å². The van der Waals surface area contributed by atoms with Crippen LogP contribution in [0.2, 0.25) is 0 Å². The van der Waals surface area contributed by atoms with Crippen LogP contribution >= 0.6 is 0 Å². The maximum absolute atomic E-state index is 15.0. The molecule has 1 fully saturated rings. The van der Waals surface area contributed by atoms with E-state index >= 15 is 0 Å². The van der Waals surface area contributed by atoms with Gasteiger partial charge >= 0.3 is 0 Å². The molecule has 5 nitrogen and oxygen atoms in total. The number of ether oxygens (including phenoxy) is 2. The molecule has 2 N–H and O–H groups in total. The van der Waals surface area contributed by atoms with Crippen molar-refractivity contribution in [3.8, 4) is 22.8 Å². The van der Waals surface area contributed by atoms with E-state index in [4.69, 9.17) is 9.47 Å². The number of benzene rings is 2. The van der Waals surface area contributed by atoms with Crippen molar-refractivity contribution in [3.63, 3.8) is 0 Å². The van der Waals surface area contributed by atoms with E-state index in [0.29, 0.717) is 34.6 Å². The second kappa shape index (κ2) is 9.69. The zero-order valence-corrected chi connectivity index (χ0v) is 21.6. The number of aliphatic hydroxyl groups is 2. The van der Waals surface area contributed by atoms with Crippen molar-refractivity contribution in [1.29, 1.82) is 0 Å². The lowest BCUT2D eigenvalue weighted by Gasteiger charge is -2.21. The molecule has 0 aliphatic heterocycles. The lowest BCUT2D eigenvalue weighted by molar-refractivity contribution is -0.0139. The summed E-state index contributed by atoms with van der Waals surface area (Å²) in [7, 11) is 0. The molecule has 1 saturated carbocycles. The standard InChI is InChI=1S/C30H33F2NO4/c1-16-7-21(36-6-5-30(4,35)15-34)8-17(2)28(16)23-10-20(25(31)12-26(23)32)14-37-27-11-19-9-22-18(3)29(22)24(19)13-33-27/h7-8,10-13,18,22,29,34-35H,5-6,9,14-15H2,1-4H3/t18-,22?,29?,30?/m0/s1. The van der Waals surface area contributed by atoms with E-state index < -0.39 is 17.2 Å². The summed E-state index contributed by atoms with van der Waals surface area (Å²) in [5, 5.41) is 19.1. The SMILES string of the molecule is Cc1cc(OCCC(C)(O)CO)cc(C)c1-c1cc(COc2cc3c(cn2)C2C(C3)[C@@H]2C)c(F)cc1F. The first-order valence-corrected chi connectivity index (χ1v) is 12.7. The minimum atomic E-state index is -1.21. The third kappa shape index (κ3) is 5.07. The minimum absolute atomic E-state index is 0.0573. The van der Waals surface area contributed by atoms with Gasteiger partial charge in [0.05, 0.1) is 18.8 Å². The monoisotopic (exact) mass is 509 g/mol. The van der Waals surface area contributed by atoms with E-state index in [2.05, 4.69) is 11.9 Å². The van der Waals surface area contributed by atoms with Crippen LogP contribution < -0.4 is 9.47 Å². The van der Waals surface area contributed by atoms with Gasteiger partial charge < -0.3 is 19.7 Å². The molecule has 1 aromatic heterocycles. The number of fused-ring (bicyclic) bond motifs is 3. The number of hydrogen-bond donors (Lipinski definition) is 2. The molecule has 2 aromatic carbocycles. The van der Waals surface area contributed by atoms with Crippen molar-refractivity contribution >= 4 is 0 Å². The number of aromatic nitrogens is 1. The van der Waals surface area contributed by atoms with Crippen molar-refractivity contribution in [1.82, 2.24) is 4.98 Å². The Hall–Kier alpha value is -3.03. The Morgan fingerprint density at radius 2 is 1.78 bits per heavy atom. The molecule has 0 saturated heterocycles. The van der Waals surface area contributed by atoms with Gasteiger partial charge in [0, 0.05) is 35.9 Å². The van der Waals surface area contributed by atoms with E-state index in [-0.39, 0.29) is 31.8 Å². The Bertz CT molecular complexity index is 1320. The number of rotatable bonds is 9. The first-order chi connectivity index (χ1) is 17.6. The highest BCUT2D eigenvalue weighted by Crippen LogP contribution is 2.61. The molecule has 2 aliphatic carbocycles. The van der Waals surface area contributed by atoms with E-state index in [9.17, 15) is 19.0 Å². The summed E-state index contributed by atoms with van der Waals surface area (Å²) in [5.74, 6) is 1.77. The molecule has 0 amide bonds. The third-order valence-electron chi connectivity index (χ3n) is 7.91. The van der Waals surface area contributed by atoms with Gasteiger partial charge in [0.1, 0.15) is 24.0 Å². The molecular formula is C30H33F2NO4.